The topological polar surface area (TPSA) is 26.0 Å². The van der Waals surface area contributed by atoms with Gasteiger partial charge in [-0.25, -0.2) is 0 Å². The summed E-state index contributed by atoms with van der Waals surface area (Å²) in [7, 11) is 0. The molecule has 0 spiro atoms. The van der Waals surface area contributed by atoms with Gasteiger partial charge < -0.3 is 5.73 Å². The van der Waals surface area contributed by atoms with Gasteiger partial charge in [0.2, 0.25) is 0 Å². The summed E-state index contributed by atoms with van der Waals surface area (Å²) in [5.41, 5.74) is 9.29. The standard InChI is InChI=1S/C19H24IN/c1-3-14(2)19(16-7-5-4-6-8-16)18(21)13-15-9-11-17(20)12-10-15/h4-12,14,18-19H,3,13,21H2,1-2H3. The van der Waals surface area contributed by atoms with E-state index in [1.807, 2.05) is 0 Å². The Bertz CT molecular complexity index is 535. The first-order valence-electron chi connectivity index (χ1n) is 7.66. The van der Waals surface area contributed by atoms with Gasteiger partial charge in [-0.3, -0.25) is 0 Å². The maximum atomic E-state index is 6.59. The van der Waals surface area contributed by atoms with E-state index in [4.69, 9.17) is 5.73 Å². The Kier molecular flexibility index (Phi) is 6.24. The third-order valence-electron chi connectivity index (χ3n) is 4.29. The van der Waals surface area contributed by atoms with Crippen LogP contribution in [0.15, 0.2) is 54.6 Å². The summed E-state index contributed by atoms with van der Waals surface area (Å²) >= 11 is 2.34. The first-order valence-corrected chi connectivity index (χ1v) is 8.74. The van der Waals surface area contributed by atoms with Crippen LogP contribution in [0, 0.1) is 9.49 Å². The molecule has 0 aromatic heterocycles. The molecule has 0 bridgehead atoms. The van der Waals surface area contributed by atoms with Gasteiger partial charge in [0.25, 0.3) is 0 Å². The molecule has 2 rings (SSSR count). The zero-order valence-electron chi connectivity index (χ0n) is 12.8. The van der Waals surface area contributed by atoms with Crippen molar-refractivity contribution in [2.24, 2.45) is 11.7 Å². The molecule has 2 aromatic carbocycles. The molecular weight excluding hydrogens is 369 g/mol. The van der Waals surface area contributed by atoms with E-state index in [0.29, 0.717) is 11.8 Å². The van der Waals surface area contributed by atoms with Crippen LogP contribution in [0.4, 0.5) is 0 Å². The Morgan fingerprint density at radius 2 is 1.62 bits per heavy atom. The van der Waals surface area contributed by atoms with Gasteiger partial charge in [-0.2, -0.15) is 0 Å². The Labute approximate surface area is 142 Å². The molecule has 0 amide bonds. The second kappa shape index (κ2) is 7.95. The van der Waals surface area contributed by atoms with Crippen molar-refractivity contribution >= 4 is 22.6 Å². The summed E-state index contributed by atoms with van der Waals surface area (Å²) in [5, 5.41) is 0. The highest BCUT2D eigenvalue weighted by Gasteiger charge is 2.24. The minimum absolute atomic E-state index is 0.155. The Hall–Kier alpha value is -0.870. The SMILES string of the molecule is CCC(C)C(c1ccccc1)C(N)Cc1ccc(I)cc1. The number of hydrogen-bond donors (Lipinski definition) is 1. The van der Waals surface area contributed by atoms with Crippen molar-refractivity contribution in [3.8, 4) is 0 Å². The van der Waals surface area contributed by atoms with E-state index in [-0.39, 0.29) is 6.04 Å². The van der Waals surface area contributed by atoms with Crippen molar-refractivity contribution in [3.05, 3.63) is 69.3 Å². The summed E-state index contributed by atoms with van der Waals surface area (Å²) < 4.78 is 1.27. The van der Waals surface area contributed by atoms with Crippen molar-refractivity contribution in [1.29, 1.82) is 0 Å². The van der Waals surface area contributed by atoms with E-state index in [2.05, 4.69) is 91.0 Å². The molecule has 2 aromatic rings. The molecule has 0 radical (unpaired) electrons. The van der Waals surface area contributed by atoms with Gasteiger partial charge in [0.15, 0.2) is 0 Å². The number of benzene rings is 2. The lowest BCUT2D eigenvalue weighted by atomic mass is 9.78. The van der Waals surface area contributed by atoms with Crippen LogP contribution in [0.3, 0.4) is 0 Å². The molecule has 0 heterocycles. The molecule has 3 atom stereocenters. The predicted octanol–water partition coefficient (Wildman–Crippen LogP) is 4.99. The molecule has 2 N–H and O–H groups in total. The summed E-state index contributed by atoms with van der Waals surface area (Å²) in [6, 6.07) is 19.6. The maximum Gasteiger partial charge on any atom is 0.0151 e. The number of halogens is 1. The van der Waals surface area contributed by atoms with E-state index >= 15 is 0 Å². The van der Waals surface area contributed by atoms with Crippen LogP contribution in [0.1, 0.15) is 37.3 Å². The van der Waals surface area contributed by atoms with Crippen molar-refractivity contribution in [2.75, 3.05) is 0 Å². The van der Waals surface area contributed by atoms with Crippen LogP contribution < -0.4 is 5.73 Å². The Balaban J connectivity index is 2.18. The van der Waals surface area contributed by atoms with Gasteiger partial charge in [0, 0.05) is 15.5 Å². The Morgan fingerprint density at radius 3 is 2.19 bits per heavy atom. The minimum Gasteiger partial charge on any atom is -0.327 e. The molecule has 0 aliphatic rings. The highest BCUT2D eigenvalue weighted by molar-refractivity contribution is 14.1. The van der Waals surface area contributed by atoms with E-state index in [0.717, 1.165) is 12.8 Å². The van der Waals surface area contributed by atoms with Crippen LogP contribution in [-0.2, 0) is 6.42 Å². The van der Waals surface area contributed by atoms with Crippen LogP contribution >= 0.6 is 22.6 Å². The van der Waals surface area contributed by atoms with Gasteiger partial charge in [-0.05, 0) is 58.2 Å². The third kappa shape index (κ3) is 4.55. The molecule has 21 heavy (non-hydrogen) atoms. The molecule has 0 saturated heterocycles. The monoisotopic (exact) mass is 393 g/mol. The molecule has 0 aliphatic carbocycles. The normalized spacial score (nSPS) is 15.4. The first-order chi connectivity index (χ1) is 10.1. The van der Waals surface area contributed by atoms with Crippen LogP contribution in [0.2, 0.25) is 0 Å². The quantitative estimate of drug-likeness (QED) is 0.688. The molecule has 3 unspecified atom stereocenters. The maximum absolute atomic E-state index is 6.59. The van der Waals surface area contributed by atoms with Crippen molar-refractivity contribution in [2.45, 2.75) is 38.6 Å². The summed E-state index contributed by atoms with van der Waals surface area (Å²) in [5.74, 6) is 1.00. The molecule has 0 saturated carbocycles. The van der Waals surface area contributed by atoms with Gasteiger partial charge >= 0.3 is 0 Å². The highest BCUT2D eigenvalue weighted by atomic mass is 127. The lowest BCUT2D eigenvalue weighted by Crippen LogP contribution is -2.34. The summed E-state index contributed by atoms with van der Waals surface area (Å²) in [6.45, 7) is 4.56. The van der Waals surface area contributed by atoms with Gasteiger partial charge in [0.05, 0.1) is 0 Å². The minimum atomic E-state index is 0.155. The van der Waals surface area contributed by atoms with Gasteiger partial charge in [-0.15, -0.1) is 0 Å². The predicted molar refractivity (Wildman–Crippen MR) is 99.5 cm³/mol. The zero-order valence-corrected chi connectivity index (χ0v) is 15.0. The van der Waals surface area contributed by atoms with Crippen LogP contribution in [0.5, 0.6) is 0 Å². The fourth-order valence-electron chi connectivity index (χ4n) is 2.95. The fourth-order valence-corrected chi connectivity index (χ4v) is 3.31. The van der Waals surface area contributed by atoms with Crippen molar-refractivity contribution in [1.82, 2.24) is 0 Å². The van der Waals surface area contributed by atoms with Crippen molar-refractivity contribution in [3.63, 3.8) is 0 Å². The van der Waals surface area contributed by atoms with Crippen LogP contribution in [0.25, 0.3) is 0 Å². The van der Waals surface area contributed by atoms with Crippen molar-refractivity contribution < 1.29 is 0 Å². The average Bonchev–Trinajstić information content (AvgIpc) is 2.50. The van der Waals surface area contributed by atoms with E-state index < -0.39 is 0 Å². The average molecular weight is 393 g/mol. The summed E-state index contributed by atoms with van der Waals surface area (Å²) in [6.07, 6.45) is 2.08. The lowest BCUT2D eigenvalue weighted by Gasteiger charge is -2.29. The molecule has 0 aliphatic heterocycles. The molecule has 1 nitrogen and oxygen atoms in total. The molecular formula is C19H24IN. The molecule has 0 fully saturated rings. The second-order valence-electron chi connectivity index (χ2n) is 5.82. The molecule has 2 heteroatoms. The molecule has 112 valence electrons. The largest absolute Gasteiger partial charge is 0.327 e. The fraction of sp³-hybridized carbons (Fsp3) is 0.368. The Morgan fingerprint density at radius 1 is 1.00 bits per heavy atom. The van der Waals surface area contributed by atoms with E-state index in [1.54, 1.807) is 0 Å². The lowest BCUT2D eigenvalue weighted by molar-refractivity contribution is 0.380. The zero-order chi connectivity index (χ0) is 15.2. The smallest absolute Gasteiger partial charge is 0.0151 e. The highest BCUT2D eigenvalue weighted by Crippen LogP contribution is 2.30. The summed E-state index contributed by atoms with van der Waals surface area (Å²) in [4.78, 5) is 0. The third-order valence-corrected chi connectivity index (χ3v) is 5.01. The number of hydrogen-bond acceptors (Lipinski definition) is 1. The van der Waals surface area contributed by atoms with E-state index in [9.17, 15) is 0 Å². The first kappa shape index (κ1) is 16.5. The van der Waals surface area contributed by atoms with Crippen LogP contribution in [-0.4, -0.2) is 6.04 Å². The van der Waals surface area contributed by atoms with E-state index in [1.165, 1.54) is 14.7 Å². The van der Waals surface area contributed by atoms with Gasteiger partial charge in [0.1, 0.15) is 0 Å². The van der Waals surface area contributed by atoms with Gasteiger partial charge in [-0.1, -0.05) is 62.7 Å². The number of nitrogens with two attached hydrogens (primary N) is 1. The second-order valence-corrected chi connectivity index (χ2v) is 7.06. The number of rotatable bonds is 6.